The topological polar surface area (TPSA) is 57.8 Å². The molecule has 0 atom stereocenters. The molecule has 2 aromatic rings. The number of aryl methyl sites for hydroxylation is 1. The maximum Gasteiger partial charge on any atom is 0.258 e. The van der Waals surface area contributed by atoms with Crippen LogP contribution in [0.15, 0.2) is 22.7 Å². The first-order valence-corrected chi connectivity index (χ1v) is 6.06. The molecular formula is C12H11BrFN3O. The van der Waals surface area contributed by atoms with E-state index in [1.165, 1.54) is 18.2 Å². The van der Waals surface area contributed by atoms with E-state index in [4.69, 9.17) is 0 Å². The smallest absolute Gasteiger partial charge is 0.258 e. The highest BCUT2D eigenvalue weighted by atomic mass is 79.9. The van der Waals surface area contributed by atoms with Gasteiger partial charge in [-0.3, -0.25) is 9.89 Å². The van der Waals surface area contributed by atoms with Crippen LogP contribution < -0.4 is 5.32 Å². The van der Waals surface area contributed by atoms with Gasteiger partial charge in [0.15, 0.2) is 5.82 Å². The second-order valence-corrected chi connectivity index (χ2v) is 4.75. The third-order valence-corrected chi connectivity index (χ3v) is 3.32. The first kappa shape index (κ1) is 12.8. The third kappa shape index (κ3) is 2.43. The summed E-state index contributed by atoms with van der Waals surface area (Å²) in [5.41, 5.74) is 2.13. The number of hydrogen-bond acceptors (Lipinski definition) is 2. The summed E-state index contributed by atoms with van der Waals surface area (Å²) in [7, 11) is 0. The Bertz CT molecular complexity index is 609. The molecule has 0 saturated heterocycles. The lowest BCUT2D eigenvalue weighted by molar-refractivity contribution is 0.102. The molecule has 6 heteroatoms. The van der Waals surface area contributed by atoms with E-state index in [2.05, 4.69) is 31.4 Å². The zero-order valence-electron chi connectivity index (χ0n) is 9.84. The standard InChI is InChI=1S/C12H11BrFN3O/c1-6-7(2)16-17-11(6)15-12(18)9-4-3-8(14)5-10(9)13/h3-5H,1-2H3,(H2,15,16,17,18). The Morgan fingerprint density at radius 2 is 2.17 bits per heavy atom. The molecule has 2 rings (SSSR count). The van der Waals surface area contributed by atoms with Crippen molar-refractivity contribution in [2.24, 2.45) is 0 Å². The van der Waals surface area contributed by atoms with Crippen molar-refractivity contribution in [1.82, 2.24) is 10.2 Å². The van der Waals surface area contributed by atoms with Gasteiger partial charge < -0.3 is 5.32 Å². The van der Waals surface area contributed by atoms with Gasteiger partial charge in [0.05, 0.1) is 5.56 Å². The molecule has 1 heterocycles. The lowest BCUT2D eigenvalue weighted by atomic mass is 10.2. The Kier molecular flexibility index (Phi) is 3.47. The van der Waals surface area contributed by atoms with Crippen LogP contribution >= 0.6 is 15.9 Å². The number of hydrogen-bond donors (Lipinski definition) is 2. The minimum Gasteiger partial charge on any atom is -0.305 e. The molecule has 0 unspecified atom stereocenters. The Balaban J connectivity index is 2.25. The van der Waals surface area contributed by atoms with Gasteiger partial charge in [0, 0.05) is 15.7 Å². The quantitative estimate of drug-likeness (QED) is 0.895. The molecule has 1 aromatic carbocycles. The largest absolute Gasteiger partial charge is 0.305 e. The number of halogens is 2. The molecule has 4 nitrogen and oxygen atoms in total. The lowest BCUT2D eigenvalue weighted by Crippen LogP contribution is -2.13. The minimum absolute atomic E-state index is 0.337. The van der Waals surface area contributed by atoms with E-state index in [0.717, 1.165) is 11.3 Å². The molecule has 0 aliphatic rings. The summed E-state index contributed by atoms with van der Waals surface area (Å²) in [5.74, 6) is -0.254. The molecule has 0 fully saturated rings. The number of H-pyrrole nitrogens is 1. The number of nitrogens with one attached hydrogen (secondary N) is 2. The molecule has 0 aliphatic heterocycles. The fraction of sp³-hybridized carbons (Fsp3) is 0.167. The number of rotatable bonds is 2. The van der Waals surface area contributed by atoms with Crippen LogP contribution in [0.5, 0.6) is 0 Å². The maximum absolute atomic E-state index is 12.9. The predicted molar refractivity (Wildman–Crippen MR) is 70.1 cm³/mol. The van der Waals surface area contributed by atoms with Gasteiger partial charge in [-0.2, -0.15) is 5.10 Å². The predicted octanol–water partition coefficient (Wildman–Crippen LogP) is 3.18. The van der Waals surface area contributed by atoms with E-state index in [1.807, 2.05) is 13.8 Å². The Morgan fingerprint density at radius 3 is 2.72 bits per heavy atom. The number of carbonyl (C=O) groups is 1. The van der Waals surface area contributed by atoms with Crippen LogP contribution in [-0.2, 0) is 0 Å². The highest BCUT2D eigenvalue weighted by Crippen LogP contribution is 2.20. The van der Waals surface area contributed by atoms with Crippen molar-refractivity contribution in [2.75, 3.05) is 5.32 Å². The van der Waals surface area contributed by atoms with E-state index in [1.54, 1.807) is 0 Å². The van der Waals surface area contributed by atoms with Crippen LogP contribution in [0.3, 0.4) is 0 Å². The van der Waals surface area contributed by atoms with E-state index < -0.39 is 5.82 Å². The van der Waals surface area contributed by atoms with Crippen LogP contribution in [0.25, 0.3) is 0 Å². The van der Waals surface area contributed by atoms with Gasteiger partial charge in [-0.25, -0.2) is 4.39 Å². The SMILES string of the molecule is Cc1[nH]nc(NC(=O)c2ccc(F)cc2Br)c1C. The van der Waals surface area contributed by atoms with Crippen molar-refractivity contribution in [3.63, 3.8) is 0 Å². The van der Waals surface area contributed by atoms with Gasteiger partial charge in [0.2, 0.25) is 0 Å². The average Bonchev–Trinajstić information content (AvgIpc) is 2.61. The molecule has 1 amide bonds. The number of benzene rings is 1. The van der Waals surface area contributed by atoms with Gasteiger partial charge >= 0.3 is 0 Å². The van der Waals surface area contributed by atoms with Gasteiger partial charge in [0.25, 0.3) is 5.91 Å². The van der Waals surface area contributed by atoms with Crippen molar-refractivity contribution in [1.29, 1.82) is 0 Å². The fourth-order valence-electron chi connectivity index (χ4n) is 1.46. The fourth-order valence-corrected chi connectivity index (χ4v) is 1.99. The Morgan fingerprint density at radius 1 is 1.44 bits per heavy atom. The van der Waals surface area contributed by atoms with Crippen LogP contribution in [0, 0.1) is 19.7 Å². The zero-order valence-corrected chi connectivity index (χ0v) is 11.4. The van der Waals surface area contributed by atoms with E-state index in [-0.39, 0.29) is 5.91 Å². The number of carbonyl (C=O) groups excluding carboxylic acids is 1. The molecule has 0 bridgehead atoms. The van der Waals surface area contributed by atoms with Crippen LogP contribution in [-0.4, -0.2) is 16.1 Å². The number of amides is 1. The van der Waals surface area contributed by atoms with Gasteiger partial charge in [0.1, 0.15) is 5.82 Å². The van der Waals surface area contributed by atoms with E-state index in [0.29, 0.717) is 15.9 Å². The van der Waals surface area contributed by atoms with Crippen molar-refractivity contribution >= 4 is 27.7 Å². The summed E-state index contributed by atoms with van der Waals surface area (Å²) in [6.07, 6.45) is 0. The molecule has 94 valence electrons. The monoisotopic (exact) mass is 311 g/mol. The summed E-state index contributed by atoms with van der Waals surface area (Å²) < 4.78 is 13.3. The highest BCUT2D eigenvalue weighted by molar-refractivity contribution is 9.10. The van der Waals surface area contributed by atoms with Gasteiger partial charge in [-0.15, -0.1) is 0 Å². The Labute approximate surface area is 112 Å². The van der Waals surface area contributed by atoms with E-state index >= 15 is 0 Å². The van der Waals surface area contributed by atoms with Crippen molar-refractivity contribution < 1.29 is 9.18 Å². The molecule has 1 aromatic heterocycles. The summed E-state index contributed by atoms with van der Waals surface area (Å²) in [4.78, 5) is 12.0. The zero-order chi connectivity index (χ0) is 13.3. The highest BCUT2D eigenvalue weighted by Gasteiger charge is 2.14. The molecule has 0 aliphatic carbocycles. The van der Waals surface area contributed by atoms with Crippen LogP contribution in [0.4, 0.5) is 10.2 Å². The second-order valence-electron chi connectivity index (χ2n) is 3.90. The molecular weight excluding hydrogens is 301 g/mol. The molecule has 0 radical (unpaired) electrons. The van der Waals surface area contributed by atoms with Crippen LogP contribution in [0.2, 0.25) is 0 Å². The average molecular weight is 312 g/mol. The summed E-state index contributed by atoms with van der Waals surface area (Å²) in [5, 5.41) is 9.44. The lowest BCUT2D eigenvalue weighted by Gasteiger charge is -2.05. The van der Waals surface area contributed by atoms with Gasteiger partial charge in [-0.1, -0.05) is 0 Å². The first-order valence-electron chi connectivity index (χ1n) is 5.27. The molecule has 2 N–H and O–H groups in total. The summed E-state index contributed by atoms with van der Waals surface area (Å²) >= 11 is 3.16. The van der Waals surface area contributed by atoms with E-state index in [9.17, 15) is 9.18 Å². The Hall–Kier alpha value is -1.69. The number of anilines is 1. The maximum atomic E-state index is 12.9. The van der Waals surface area contributed by atoms with Gasteiger partial charge in [-0.05, 0) is 48.0 Å². The van der Waals surface area contributed by atoms with Crippen molar-refractivity contribution in [3.8, 4) is 0 Å². The molecule has 0 saturated carbocycles. The minimum atomic E-state index is -0.398. The summed E-state index contributed by atoms with van der Waals surface area (Å²) in [6.45, 7) is 3.72. The normalized spacial score (nSPS) is 10.4. The number of aromatic amines is 1. The number of nitrogens with zero attached hydrogens (tertiary/aromatic N) is 1. The van der Waals surface area contributed by atoms with Crippen molar-refractivity contribution in [2.45, 2.75) is 13.8 Å². The third-order valence-electron chi connectivity index (χ3n) is 2.66. The van der Waals surface area contributed by atoms with Crippen LogP contribution in [0.1, 0.15) is 21.6 Å². The summed E-state index contributed by atoms with van der Waals surface area (Å²) in [6, 6.07) is 3.91. The second kappa shape index (κ2) is 4.89. The number of aromatic nitrogens is 2. The van der Waals surface area contributed by atoms with Crippen molar-refractivity contribution in [3.05, 3.63) is 45.3 Å². The first-order chi connectivity index (χ1) is 8.49. The molecule has 0 spiro atoms. The molecule has 18 heavy (non-hydrogen) atoms.